The number of nitrogens with zero attached hydrogens (tertiary/aromatic N) is 4. The molecule has 134 valence electrons. The molecule has 26 heavy (non-hydrogen) atoms. The topological polar surface area (TPSA) is 52.3 Å². The van der Waals surface area contributed by atoms with Crippen molar-refractivity contribution in [3.8, 4) is 17.0 Å². The third-order valence-corrected chi connectivity index (χ3v) is 7.17. The molecule has 2 aromatic heterocycles. The summed E-state index contributed by atoms with van der Waals surface area (Å²) in [5, 5.41) is 9.66. The quantitative estimate of drug-likeness (QED) is 0.661. The third kappa shape index (κ3) is 1.79. The monoisotopic (exact) mass is 368 g/mol. The average molecular weight is 369 g/mol. The summed E-state index contributed by atoms with van der Waals surface area (Å²) >= 11 is 6.21. The van der Waals surface area contributed by atoms with Gasteiger partial charge in [0, 0.05) is 28.1 Å². The molecule has 0 spiro atoms. The molecule has 0 amide bonds. The second-order valence-electron chi connectivity index (χ2n) is 8.22. The molecule has 0 saturated heterocycles. The molecule has 0 N–H and O–H groups in total. The van der Waals surface area contributed by atoms with Crippen LogP contribution in [-0.2, 0) is 5.41 Å². The number of rotatable bonds is 2. The van der Waals surface area contributed by atoms with Gasteiger partial charge in [-0.2, -0.15) is 0 Å². The minimum atomic E-state index is 0.0809. The maximum Gasteiger partial charge on any atom is 0.254 e. The van der Waals surface area contributed by atoms with Gasteiger partial charge in [0.1, 0.15) is 5.75 Å². The number of ether oxygens (including phenoxy) is 1. The van der Waals surface area contributed by atoms with Crippen LogP contribution in [0.2, 0.25) is 5.02 Å². The zero-order valence-electron chi connectivity index (χ0n) is 15.4. The smallest absolute Gasteiger partial charge is 0.254 e. The Morgan fingerprint density at radius 2 is 2.04 bits per heavy atom. The molecule has 5 nitrogen and oxygen atoms in total. The van der Waals surface area contributed by atoms with Crippen molar-refractivity contribution >= 4 is 17.4 Å². The molecule has 2 unspecified atom stereocenters. The van der Waals surface area contributed by atoms with E-state index in [9.17, 15) is 0 Å². The fourth-order valence-electron chi connectivity index (χ4n) is 5.07. The Bertz CT molecular complexity index is 1060. The van der Waals surface area contributed by atoms with Crippen molar-refractivity contribution in [1.82, 2.24) is 19.6 Å². The lowest BCUT2D eigenvalue weighted by molar-refractivity contribution is 0.225. The first-order valence-corrected chi connectivity index (χ1v) is 9.35. The van der Waals surface area contributed by atoms with E-state index < -0.39 is 0 Å². The van der Waals surface area contributed by atoms with E-state index in [-0.39, 0.29) is 10.8 Å². The second kappa shape index (κ2) is 4.97. The van der Waals surface area contributed by atoms with Crippen LogP contribution in [0.15, 0.2) is 24.4 Å². The molecular weight excluding hydrogens is 348 g/mol. The molecule has 3 aromatic rings. The highest BCUT2D eigenvalue weighted by Crippen LogP contribution is 2.66. The summed E-state index contributed by atoms with van der Waals surface area (Å²) in [5.41, 5.74) is 4.33. The number of imidazole rings is 1. The summed E-state index contributed by atoms with van der Waals surface area (Å²) in [6, 6.07) is 5.57. The lowest BCUT2D eigenvalue weighted by Crippen LogP contribution is -2.32. The van der Waals surface area contributed by atoms with E-state index in [1.807, 2.05) is 18.2 Å². The van der Waals surface area contributed by atoms with Crippen LogP contribution in [0, 0.1) is 5.41 Å². The number of benzene rings is 1. The van der Waals surface area contributed by atoms with E-state index in [1.54, 1.807) is 7.11 Å². The summed E-state index contributed by atoms with van der Waals surface area (Å²) in [5.74, 6) is 1.84. The van der Waals surface area contributed by atoms with Crippen LogP contribution in [0.3, 0.4) is 0 Å². The number of aromatic nitrogens is 4. The Morgan fingerprint density at radius 1 is 1.23 bits per heavy atom. The highest BCUT2D eigenvalue weighted by atomic mass is 35.5. The van der Waals surface area contributed by atoms with Crippen molar-refractivity contribution < 1.29 is 4.74 Å². The predicted molar refractivity (Wildman–Crippen MR) is 101 cm³/mol. The summed E-state index contributed by atoms with van der Waals surface area (Å²) in [6.45, 7) is 7.08. The Hall–Kier alpha value is -2.14. The van der Waals surface area contributed by atoms with Gasteiger partial charge >= 0.3 is 0 Å². The maximum absolute atomic E-state index is 6.21. The van der Waals surface area contributed by atoms with Crippen molar-refractivity contribution in [3.63, 3.8) is 0 Å². The molecule has 2 bridgehead atoms. The molecule has 1 aromatic carbocycles. The molecule has 2 heterocycles. The van der Waals surface area contributed by atoms with Crippen molar-refractivity contribution in [1.29, 1.82) is 0 Å². The molecular formula is C20H21ClN4O. The maximum atomic E-state index is 6.21. The van der Waals surface area contributed by atoms with Gasteiger partial charge in [0.25, 0.3) is 5.78 Å². The predicted octanol–water partition coefficient (Wildman–Crippen LogP) is 4.63. The van der Waals surface area contributed by atoms with E-state index in [0.29, 0.717) is 16.7 Å². The van der Waals surface area contributed by atoms with E-state index >= 15 is 0 Å². The Balaban J connectivity index is 1.77. The van der Waals surface area contributed by atoms with E-state index in [0.717, 1.165) is 22.7 Å². The van der Waals surface area contributed by atoms with Crippen LogP contribution in [0.5, 0.6) is 5.75 Å². The fourth-order valence-corrected chi connectivity index (χ4v) is 5.24. The molecule has 2 aliphatic carbocycles. The molecule has 5 rings (SSSR count). The average Bonchev–Trinajstić information content (AvgIpc) is 3.19. The van der Waals surface area contributed by atoms with Gasteiger partial charge in [0.05, 0.1) is 24.2 Å². The van der Waals surface area contributed by atoms with Crippen LogP contribution in [0.1, 0.15) is 50.9 Å². The molecule has 6 heteroatoms. The summed E-state index contributed by atoms with van der Waals surface area (Å²) < 4.78 is 7.64. The molecule has 1 fully saturated rings. The molecule has 2 atom stereocenters. The van der Waals surface area contributed by atoms with Crippen LogP contribution in [0.25, 0.3) is 17.0 Å². The number of hydrogen-bond donors (Lipinski definition) is 0. The van der Waals surface area contributed by atoms with Gasteiger partial charge in [-0.3, -0.25) is 4.40 Å². The van der Waals surface area contributed by atoms with Gasteiger partial charge in [-0.25, -0.2) is 4.98 Å². The van der Waals surface area contributed by atoms with Gasteiger partial charge < -0.3 is 4.74 Å². The summed E-state index contributed by atoms with van der Waals surface area (Å²) in [6.07, 6.45) is 4.41. The van der Waals surface area contributed by atoms with Crippen molar-refractivity contribution in [2.75, 3.05) is 7.11 Å². The van der Waals surface area contributed by atoms with E-state index in [4.69, 9.17) is 21.3 Å². The van der Waals surface area contributed by atoms with Gasteiger partial charge in [0.15, 0.2) is 0 Å². The number of fused-ring (bicyclic) bond motifs is 7. The SMILES string of the molecule is COc1ccc(Cl)cc1-c1cn2c3c(nnc2n1)C1CCC3(C)C1(C)C. The number of methoxy groups -OCH3 is 1. The summed E-state index contributed by atoms with van der Waals surface area (Å²) in [4.78, 5) is 4.72. The molecule has 0 aliphatic heterocycles. The minimum absolute atomic E-state index is 0.0809. The van der Waals surface area contributed by atoms with Crippen LogP contribution >= 0.6 is 11.6 Å². The van der Waals surface area contributed by atoms with Crippen molar-refractivity contribution in [2.45, 2.75) is 44.9 Å². The third-order valence-electron chi connectivity index (χ3n) is 6.93. The Morgan fingerprint density at radius 3 is 2.81 bits per heavy atom. The minimum Gasteiger partial charge on any atom is -0.496 e. The van der Waals surface area contributed by atoms with Gasteiger partial charge in [-0.1, -0.05) is 32.4 Å². The normalized spacial score (nSPS) is 25.7. The van der Waals surface area contributed by atoms with E-state index in [2.05, 4.69) is 41.6 Å². The lowest BCUT2D eigenvalue weighted by atomic mass is 9.70. The van der Waals surface area contributed by atoms with Gasteiger partial charge in [-0.15, -0.1) is 10.2 Å². The van der Waals surface area contributed by atoms with Crippen molar-refractivity contribution in [2.24, 2.45) is 5.41 Å². The fraction of sp³-hybridized carbons (Fsp3) is 0.450. The highest BCUT2D eigenvalue weighted by Gasteiger charge is 2.61. The first-order chi connectivity index (χ1) is 12.4. The van der Waals surface area contributed by atoms with Crippen LogP contribution in [-0.4, -0.2) is 26.7 Å². The zero-order valence-corrected chi connectivity index (χ0v) is 16.1. The summed E-state index contributed by atoms with van der Waals surface area (Å²) in [7, 11) is 1.66. The van der Waals surface area contributed by atoms with Crippen LogP contribution in [0.4, 0.5) is 0 Å². The van der Waals surface area contributed by atoms with E-state index in [1.165, 1.54) is 18.5 Å². The second-order valence-corrected chi connectivity index (χ2v) is 8.66. The standard InChI is InChI=1S/C20H21ClN4O/c1-19(2)13-7-8-20(19,3)17-16(13)23-24-18-22-14(10-25(17)18)12-9-11(21)5-6-15(12)26-4/h5-6,9-10,13H,7-8H2,1-4H3. The van der Waals surface area contributed by atoms with Gasteiger partial charge in [-0.05, 0) is 36.5 Å². The van der Waals surface area contributed by atoms with Crippen LogP contribution < -0.4 is 4.74 Å². The molecule has 0 radical (unpaired) electrons. The van der Waals surface area contributed by atoms with Crippen molar-refractivity contribution in [3.05, 3.63) is 40.8 Å². The first-order valence-electron chi connectivity index (χ1n) is 8.97. The molecule has 1 saturated carbocycles. The highest BCUT2D eigenvalue weighted by molar-refractivity contribution is 6.30. The number of hydrogen-bond acceptors (Lipinski definition) is 4. The molecule has 2 aliphatic rings. The zero-order chi connectivity index (χ0) is 18.3. The lowest BCUT2D eigenvalue weighted by Gasteiger charge is -2.34. The largest absolute Gasteiger partial charge is 0.496 e. The van der Waals surface area contributed by atoms with Gasteiger partial charge in [0.2, 0.25) is 0 Å². The number of halogens is 1. The first kappa shape index (κ1) is 16.1. The Labute approximate surface area is 157 Å². The Kier molecular flexibility index (Phi) is 3.07.